The highest BCUT2D eigenvalue weighted by Crippen LogP contribution is 2.27. The predicted octanol–water partition coefficient (Wildman–Crippen LogP) is -0.532. The number of hydrogen-bond donors (Lipinski definition) is 1. The summed E-state index contributed by atoms with van der Waals surface area (Å²) in [5.74, 6) is -2.22. The molecule has 5 atom stereocenters. The molecular formula is C12H17FO8. The van der Waals surface area contributed by atoms with Gasteiger partial charge in [-0.2, -0.15) is 0 Å². The second-order valence-electron chi connectivity index (χ2n) is 4.46. The highest BCUT2D eigenvalue weighted by molar-refractivity contribution is 5.67. The van der Waals surface area contributed by atoms with E-state index in [1.165, 1.54) is 0 Å². The van der Waals surface area contributed by atoms with Gasteiger partial charge < -0.3 is 24.1 Å². The van der Waals surface area contributed by atoms with Crippen LogP contribution in [-0.4, -0.2) is 60.4 Å². The van der Waals surface area contributed by atoms with Crippen molar-refractivity contribution in [2.24, 2.45) is 0 Å². The topological polar surface area (TPSA) is 108 Å². The molecule has 0 aromatic carbocycles. The van der Waals surface area contributed by atoms with Gasteiger partial charge in [0.15, 0.2) is 24.7 Å². The lowest BCUT2D eigenvalue weighted by Gasteiger charge is -2.40. The van der Waals surface area contributed by atoms with E-state index in [1.54, 1.807) is 0 Å². The van der Waals surface area contributed by atoms with E-state index in [-0.39, 0.29) is 0 Å². The fourth-order valence-electron chi connectivity index (χ4n) is 1.88. The Balaban J connectivity index is 2.94. The summed E-state index contributed by atoms with van der Waals surface area (Å²) in [7, 11) is 0. The zero-order valence-corrected chi connectivity index (χ0v) is 11.8. The lowest BCUT2D eigenvalue weighted by atomic mass is 9.99. The van der Waals surface area contributed by atoms with Crippen LogP contribution in [0.1, 0.15) is 20.8 Å². The Kier molecular flexibility index (Phi) is 6.03. The van der Waals surface area contributed by atoms with E-state index in [2.05, 4.69) is 0 Å². The van der Waals surface area contributed by atoms with Crippen molar-refractivity contribution in [3.63, 3.8) is 0 Å². The van der Waals surface area contributed by atoms with Crippen LogP contribution in [0.4, 0.5) is 4.39 Å². The van der Waals surface area contributed by atoms with Crippen molar-refractivity contribution in [3.8, 4) is 0 Å². The molecule has 0 aliphatic carbocycles. The molecule has 1 unspecified atom stereocenters. The number of aliphatic hydroxyl groups is 1. The van der Waals surface area contributed by atoms with E-state index in [4.69, 9.17) is 18.9 Å². The first kappa shape index (κ1) is 17.3. The van der Waals surface area contributed by atoms with Crippen LogP contribution >= 0.6 is 0 Å². The van der Waals surface area contributed by atoms with E-state index in [1.807, 2.05) is 0 Å². The van der Waals surface area contributed by atoms with Crippen molar-refractivity contribution in [2.45, 2.75) is 51.5 Å². The van der Waals surface area contributed by atoms with Crippen LogP contribution in [0.15, 0.2) is 0 Å². The summed E-state index contributed by atoms with van der Waals surface area (Å²) in [6.07, 6.45) is -8.07. The van der Waals surface area contributed by atoms with Gasteiger partial charge in [-0.15, -0.1) is 0 Å². The molecule has 1 N–H and O–H groups in total. The second-order valence-corrected chi connectivity index (χ2v) is 4.46. The number of carbonyl (C=O) groups is 3. The number of rotatable bonds is 4. The molecule has 1 fully saturated rings. The molecule has 1 aliphatic heterocycles. The molecule has 1 heterocycles. The first-order valence-electron chi connectivity index (χ1n) is 6.17. The summed E-state index contributed by atoms with van der Waals surface area (Å²) in [5, 5.41) is 9.48. The van der Waals surface area contributed by atoms with Gasteiger partial charge in [0.2, 0.25) is 0 Å². The first-order chi connectivity index (χ1) is 9.72. The van der Waals surface area contributed by atoms with Crippen LogP contribution in [-0.2, 0) is 33.3 Å². The van der Waals surface area contributed by atoms with Gasteiger partial charge in [0.25, 0.3) is 0 Å². The average Bonchev–Trinajstić information content (AvgIpc) is 2.35. The lowest BCUT2D eigenvalue weighted by molar-refractivity contribution is -0.279. The average molecular weight is 308 g/mol. The van der Waals surface area contributed by atoms with Gasteiger partial charge in [-0.05, 0) is 0 Å². The molecule has 1 aliphatic rings. The maximum Gasteiger partial charge on any atom is 0.303 e. The number of alkyl halides is 1. The predicted molar refractivity (Wildman–Crippen MR) is 63.5 cm³/mol. The Labute approximate surface area is 120 Å². The van der Waals surface area contributed by atoms with Crippen molar-refractivity contribution >= 4 is 17.9 Å². The fourth-order valence-corrected chi connectivity index (χ4v) is 1.88. The molecule has 0 spiro atoms. The third-order valence-corrected chi connectivity index (χ3v) is 2.65. The highest BCUT2D eigenvalue weighted by atomic mass is 19.1. The van der Waals surface area contributed by atoms with E-state index in [0.717, 1.165) is 20.8 Å². The van der Waals surface area contributed by atoms with Crippen LogP contribution in [0.3, 0.4) is 0 Å². The summed E-state index contributed by atoms with van der Waals surface area (Å²) in [5.41, 5.74) is 0. The van der Waals surface area contributed by atoms with Crippen molar-refractivity contribution < 1.29 is 42.8 Å². The molecule has 8 nitrogen and oxygen atoms in total. The summed E-state index contributed by atoms with van der Waals surface area (Å²) >= 11 is 0. The van der Waals surface area contributed by atoms with E-state index in [9.17, 15) is 23.9 Å². The standard InChI is InChI=1S/C12H17FO8/c1-5(14)18-4-8-10(19-6(2)15)11(20-7(3)16)9(13)12(17)21-8/h8-12,17H,4H2,1-3H3/t8?,9-,10+,11+,12-/m0/s1. The minimum Gasteiger partial charge on any atom is -0.463 e. The first-order valence-corrected chi connectivity index (χ1v) is 6.17. The number of carbonyl (C=O) groups excluding carboxylic acids is 3. The van der Waals surface area contributed by atoms with Gasteiger partial charge in [-0.25, -0.2) is 4.39 Å². The summed E-state index contributed by atoms with van der Waals surface area (Å²) in [6.45, 7) is 2.86. The molecule has 0 radical (unpaired) electrons. The van der Waals surface area contributed by atoms with Gasteiger partial charge in [0.05, 0.1) is 0 Å². The number of halogens is 1. The van der Waals surface area contributed by atoms with Crippen LogP contribution in [0.25, 0.3) is 0 Å². The number of esters is 3. The minimum absolute atomic E-state index is 0.394. The van der Waals surface area contributed by atoms with E-state index < -0.39 is 55.3 Å². The van der Waals surface area contributed by atoms with Crippen molar-refractivity contribution in [3.05, 3.63) is 0 Å². The summed E-state index contributed by atoms with van der Waals surface area (Å²) in [6, 6.07) is 0. The largest absolute Gasteiger partial charge is 0.463 e. The third-order valence-electron chi connectivity index (χ3n) is 2.65. The van der Waals surface area contributed by atoms with Crippen molar-refractivity contribution in [1.29, 1.82) is 0 Å². The molecule has 0 aromatic heterocycles. The van der Waals surface area contributed by atoms with Gasteiger partial charge >= 0.3 is 17.9 Å². The zero-order chi connectivity index (χ0) is 16.2. The quantitative estimate of drug-likeness (QED) is 0.545. The number of hydrogen-bond acceptors (Lipinski definition) is 8. The lowest BCUT2D eigenvalue weighted by Crippen LogP contribution is -2.59. The second kappa shape index (κ2) is 7.32. The Bertz CT molecular complexity index is 412. The maximum atomic E-state index is 13.9. The summed E-state index contributed by atoms with van der Waals surface area (Å²) in [4.78, 5) is 32.9. The van der Waals surface area contributed by atoms with Gasteiger partial charge in [0.1, 0.15) is 12.7 Å². The molecule has 1 saturated heterocycles. The Morgan fingerprint density at radius 1 is 1.05 bits per heavy atom. The Morgan fingerprint density at radius 2 is 1.57 bits per heavy atom. The molecule has 21 heavy (non-hydrogen) atoms. The van der Waals surface area contributed by atoms with Gasteiger partial charge in [-0.3, -0.25) is 14.4 Å². The zero-order valence-electron chi connectivity index (χ0n) is 11.8. The van der Waals surface area contributed by atoms with Crippen LogP contribution in [0.5, 0.6) is 0 Å². The van der Waals surface area contributed by atoms with Gasteiger partial charge in [-0.1, -0.05) is 0 Å². The molecule has 1 rings (SSSR count). The van der Waals surface area contributed by atoms with Crippen molar-refractivity contribution in [2.75, 3.05) is 6.61 Å². The minimum atomic E-state index is -2.10. The monoisotopic (exact) mass is 308 g/mol. The molecular weight excluding hydrogens is 291 g/mol. The smallest absolute Gasteiger partial charge is 0.303 e. The molecule has 0 aromatic rings. The maximum absolute atomic E-state index is 13.9. The van der Waals surface area contributed by atoms with E-state index >= 15 is 0 Å². The molecule has 0 saturated carbocycles. The fraction of sp³-hybridized carbons (Fsp3) is 0.750. The van der Waals surface area contributed by atoms with Gasteiger partial charge in [0, 0.05) is 20.8 Å². The molecule has 120 valence electrons. The van der Waals surface area contributed by atoms with Crippen LogP contribution in [0, 0.1) is 0 Å². The molecule has 0 amide bonds. The third kappa shape index (κ3) is 4.94. The SMILES string of the molecule is CC(=O)OCC1O[C@H](O)[C@@H](F)[C@@H](OC(C)=O)[C@@H]1OC(C)=O. The summed E-state index contributed by atoms with van der Waals surface area (Å²) < 4.78 is 33.2. The Hall–Kier alpha value is -1.74. The molecule has 0 bridgehead atoms. The van der Waals surface area contributed by atoms with E-state index in [0.29, 0.717) is 0 Å². The number of ether oxygens (including phenoxy) is 4. The van der Waals surface area contributed by atoms with Crippen molar-refractivity contribution in [1.82, 2.24) is 0 Å². The van der Waals surface area contributed by atoms with Crippen LogP contribution in [0.2, 0.25) is 0 Å². The normalized spacial score (nSPS) is 32.1. The molecule has 9 heteroatoms. The van der Waals surface area contributed by atoms with Crippen LogP contribution < -0.4 is 0 Å². The number of aliphatic hydroxyl groups excluding tert-OH is 1. The highest BCUT2D eigenvalue weighted by Gasteiger charge is 2.50. The Morgan fingerprint density at radius 3 is 2.05 bits per heavy atom.